The van der Waals surface area contributed by atoms with Crippen LogP contribution in [0.2, 0.25) is 0 Å². The van der Waals surface area contributed by atoms with Gasteiger partial charge in [-0.15, -0.1) is 0 Å². The SMILES string of the molecule is O=C(O)[C@H]1CCCN1C(=O)c1ccc2ccccc2c1. The van der Waals surface area contributed by atoms with Crippen LogP contribution in [0.25, 0.3) is 10.8 Å². The minimum absolute atomic E-state index is 0.194. The van der Waals surface area contributed by atoms with Gasteiger partial charge in [0.15, 0.2) is 0 Å². The maximum atomic E-state index is 12.5. The Morgan fingerprint density at radius 1 is 1.10 bits per heavy atom. The molecule has 4 heteroatoms. The molecule has 0 aromatic heterocycles. The number of rotatable bonds is 2. The standard InChI is InChI=1S/C16H15NO3/c18-15(17-9-3-6-14(17)16(19)20)13-8-7-11-4-1-2-5-12(11)10-13/h1-2,4-5,7-8,10,14H,3,6,9H2,(H,19,20)/t14-/m1/s1. The van der Waals surface area contributed by atoms with Crippen LogP contribution in [0.15, 0.2) is 42.5 Å². The lowest BCUT2D eigenvalue weighted by Crippen LogP contribution is -2.40. The number of carboxylic acids is 1. The summed E-state index contributed by atoms with van der Waals surface area (Å²) >= 11 is 0. The van der Waals surface area contributed by atoms with Gasteiger partial charge in [0.2, 0.25) is 0 Å². The molecule has 0 aliphatic carbocycles. The van der Waals surface area contributed by atoms with Crippen molar-refractivity contribution >= 4 is 22.6 Å². The maximum absolute atomic E-state index is 12.5. The summed E-state index contributed by atoms with van der Waals surface area (Å²) in [6.45, 7) is 0.516. The van der Waals surface area contributed by atoms with E-state index in [1.165, 1.54) is 4.90 Å². The number of hydrogen-bond donors (Lipinski definition) is 1. The van der Waals surface area contributed by atoms with Crippen molar-refractivity contribution in [2.45, 2.75) is 18.9 Å². The summed E-state index contributed by atoms with van der Waals surface area (Å²) in [4.78, 5) is 25.1. The van der Waals surface area contributed by atoms with E-state index in [4.69, 9.17) is 5.11 Å². The van der Waals surface area contributed by atoms with Crippen molar-refractivity contribution in [2.75, 3.05) is 6.54 Å². The average Bonchev–Trinajstić information content (AvgIpc) is 2.95. The van der Waals surface area contributed by atoms with E-state index < -0.39 is 12.0 Å². The van der Waals surface area contributed by atoms with Gasteiger partial charge in [0.05, 0.1) is 0 Å². The summed E-state index contributed by atoms with van der Waals surface area (Å²) in [6, 6.07) is 12.6. The third kappa shape index (κ3) is 2.13. The molecule has 0 unspecified atom stereocenters. The lowest BCUT2D eigenvalue weighted by Gasteiger charge is -2.21. The van der Waals surface area contributed by atoms with E-state index in [0.29, 0.717) is 18.5 Å². The first-order valence-electron chi connectivity index (χ1n) is 6.69. The number of amides is 1. The Morgan fingerprint density at radius 2 is 1.85 bits per heavy atom. The van der Waals surface area contributed by atoms with Crippen LogP contribution in [-0.4, -0.2) is 34.5 Å². The zero-order valence-corrected chi connectivity index (χ0v) is 11.0. The van der Waals surface area contributed by atoms with Crippen LogP contribution in [0.1, 0.15) is 23.2 Å². The number of likely N-dealkylation sites (tertiary alicyclic amines) is 1. The molecule has 20 heavy (non-hydrogen) atoms. The second kappa shape index (κ2) is 4.96. The van der Waals surface area contributed by atoms with E-state index in [-0.39, 0.29) is 5.91 Å². The van der Waals surface area contributed by atoms with Gasteiger partial charge in [-0.3, -0.25) is 4.79 Å². The van der Waals surface area contributed by atoms with Crippen molar-refractivity contribution in [1.29, 1.82) is 0 Å². The van der Waals surface area contributed by atoms with Crippen molar-refractivity contribution in [1.82, 2.24) is 4.90 Å². The van der Waals surface area contributed by atoms with Crippen LogP contribution in [0.3, 0.4) is 0 Å². The molecule has 3 rings (SSSR count). The number of benzene rings is 2. The fourth-order valence-corrected chi connectivity index (χ4v) is 2.75. The molecular weight excluding hydrogens is 254 g/mol. The van der Waals surface area contributed by atoms with Crippen molar-refractivity contribution in [2.24, 2.45) is 0 Å². The van der Waals surface area contributed by atoms with E-state index in [2.05, 4.69) is 0 Å². The molecule has 0 saturated carbocycles. The van der Waals surface area contributed by atoms with Crippen LogP contribution in [0.5, 0.6) is 0 Å². The summed E-state index contributed by atoms with van der Waals surface area (Å²) in [5.41, 5.74) is 0.553. The van der Waals surface area contributed by atoms with Gasteiger partial charge >= 0.3 is 5.97 Å². The van der Waals surface area contributed by atoms with Gasteiger partial charge in [-0.25, -0.2) is 4.79 Å². The largest absolute Gasteiger partial charge is 0.480 e. The number of nitrogens with zero attached hydrogens (tertiary/aromatic N) is 1. The number of carbonyl (C=O) groups excluding carboxylic acids is 1. The van der Waals surface area contributed by atoms with Gasteiger partial charge in [0.25, 0.3) is 5.91 Å². The normalized spacial score (nSPS) is 18.4. The quantitative estimate of drug-likeness (QED) is 0.911. The molecule has 1 saturated heterocycles. The molecular formula is C16H15NO3. The van der Waals surface area contributed by atoms with Gasteiger partial charge in [-0.2, -0.15) is 0 Å². The smallest absolute Gasteiger partial charge is 0.326 e. The molecule has 1 fully saturated rings. The summed E-state index contributed by atoms with van der Waals surface area (Å²) in [5, 5.41) is 11.2. The molecule has 0 spiro atoms. The van der Waals surface area contributed by atoms with E-state index in [1.54, 1.807) is 6.07 Å². The summed E-state index contributed by atoms with van der Waals surface area (Å²) in [5.74, 6) is -1.11. The van der Waals surface area contributed by atoms with Crippen molar-refractivity contribution < 1.29 is 14.7 Å². The van der Waals surface area contributed by atoms with Crippen LogP contribution in [-0.2, 0) is 4.79 Å². The molecule has 1 atom stereocenters. The van der Waals surface area contributed by atoms with Gasteiger partial charge < -0.3 is 10.0 Å². The Morgan fingerprint density at radius 3 is 2.60 bits per heavy atom. The number of aliphatic carboxylic acids is 1. The molecule has 102 valence electrons. The van der Waals surface area contributed by atoms with Crippen LogP contribution < -0.4 is 0 Å². The molecule has 1 aliphatic heterocycles. The Kier molecular flexibility index (Phi) is 3.14. The first-order chi connectivity index (χ1) is 9.66. The summed E-state index contributed by atoms with van der Waals surface area (Å²) in [7, 11) is 0. The van der Waals surface area contributed by atoms with E-state index in [0.717, 1.165) is 17.2 Å². The van der Waals surface area contributed by atoms with Crippen molar-refractivity contribution in [3.8, 4) is 0 Å². The second-order valence-electron chi connectivity index (χ2n) is 5.06. The fraction of sp³-hybridized carbons (Fsp3) is 0.250. The Labute approximate surface area is 116 Å². The van der Waals surface area contributed by atoms with Gasteiger partial charge in [0.1, 0.15) is 6.04 Å². The van der Waals surface area contributed by atoms with Crippen molar-refractivity contribution in [3.63, 3.8) is 0 Å². The fourth-order valence-electron chi connectivity index (χ4n) is 2.75. The van der Waals surface area contributed by atoms with Crippen LogP contribution in [0, 0.1) is 0 Å². The molecule has 0 bridgehead atoms. The van der Waals surface area contributed by atoms with Crippen LogP contribution in [0.4, 0.5) is 0 Å². The lowest BCUT2D eigenvalue weighted by atomic mass is 10.1. The second-order valence-corrected chi connectivity index (χ2v) is 5.06. The first-order valence-corrected chi connectivity index (χ1v) is 6.69. The number of fused-ring (bicyclic) bond motifs is 1. The zero-order chi connectivity index (χ0) is 14.1. The predicted octanol–water partition coefficient (Wildman–Crippen LogP) is 2.53. The van der Waals surface area contributed by atoms with E-state index >= 15 is 0 Å². The van der Waals surface area contributed by atoms with Gasteiger partial charge in [-0.1, -0.05) is 30.3 Å². The minimum atomic E-state index is -0.920. The lowest BCUT2D eigenvalue weighted by molar-refractivity contribution is -0.141. The van der Waals surface area contributed by atoms with Crippen molar-refractivity contribution in [3.05, 3.63) is 48.0 Å². The van der Waals surface area contributed by atoms with Gasteiger partial charge in [0, 0.05) is 12.1 Å². The Hall–Kier alpha value is -2.36. The zero-order valence-electron chi connectivity index (χ0n) is 11.0. The molecule has 1 amide bonds. The number of carboxylic acid groups (broad SMARTS) is 1. The first kappa shape index (κ1) is 12.7. The Balaban J connectivity index is 1.94. The molecule has 2 aromatic carbocycles. The predicted molar refractivity (Wildman–Crippen MR) is 75.6 cm³/mol. The number of carbonyl (C=O) groups is 2. The third-order valence-electron chi connectivity index (χ3n) is 3.80. The molecule has 1 aliphatic rings. The Bertz CT molecular complexity index is 680. The van der Waals surface area contributed by atoms with Crippen LogP contribution >= 0.6 is 0 Å². The number of hydrogen-bond acceptors (Lipinski definition) is 2. The highest BCUT2D eigenvalue weighted by Gasteiger charge is 2.34. The highest BCUT2D eigenvalue weighted by molar-refractivity contribution is 6.00. The third-order valence-corrected chi connectivity index (χ3v) is 3.80. The topological polar surface area (TPSA) is 57.6 Å². The summed E-state index contributed by atoms with van der Waals surface area (Å²) in [6.07, 6.45) is 1.28. The van der Waals surface area contributed by atoms with E-state index in [9.17, 15) is 9.59 Å². The molecule has 1 N–H and O–H groups in total. The summed E-state index contributed by atoms with van der Waals surface area (Å²) < 4.78 is 0. The average molecular weight is 269 g/mol. The van der Waals surface area contributed by atoms with E-state index in [1.807, 2.05) is 36.4 Å². The minimum Gasteiger partial charge on any atom is -0.480 e. The monoisotopic (exact) mass is 269 g/mol. The highest BCUT2D eigenvalue weighted by Crippen LogP contribution is 2.22. The highest BCUT2D eigenvalue weighted by atomic mass is 16.4. The molecule has 1 heterocycles. The molecule has 4 nitrogen and oxygen atoms in total. The molecule has 2 aromatic rings. The maximum Gasteiger partial charge on any atom is 0.326 e. The van der Waals surface area contributed by atoms with Gasteiger partial charge in [-0.05, 0) is 35.7 Å². The molecule has 0 radical (unpaired) electrons.